The number of methoxy groups -OCH3 is 1. The van der Waals surface area contributed by atoms with Crippen LogP contribution in [-0.2, 0) is 30.7 Å². The number of rotatable bonds is 4. The van der Waals surface area contributed by atoms with Crippen molar-refractivity contribution in [3.8, 4) is 0 Å². The van der Waals surface area contributed by atoms with E-state index in [1.54, 1.807) is 12.0 Å². The number of urea groups is 1. The van der Waals surface area contributed by atoms with E-state index in [1.807, 2.05) is 4.68 Å². The van der Waals surface area contributed by atoms with Crippen LogP contribution in [0.1, 0.15) is 41.4 Å². The predicted octanol–water partition coefficient (Wildman–Crippen LogP) is 2.35. The van der Waals surface area contributed by atoms with Gasteiger partial charge in [-0.15, -0.1) is 5.10 Å². The average molecular weight is 391 g/mol. The van der Waals surface area contributed by atoms with Gasteiger partial charge in [0, 0.05) is 26.1 Å². The number of hydrogen-bond donors (Lipinski definition) is 1. The Morgan fingerprint density at radius 2 is 2.21 bits per heavy atom. The molecular weight excluding hydrogens is 368 g/mol. The monoisotopic (exact) mass is 391 g/mol. The molecule has 150 valence electrons. The van der Waals surface area contributed by atoms with Gasteiger partial charge in [-0.1, -0.05) is 5.21 Å². The summed E-state index contributed by atoms with van der Waals surface area (Å²) in [5.74, 6) is -1.16. The number of carbonyl (C=O) groups excluding carboxylic acids is 1. The van der Waals surface area contributed by atoms with E-state index in [0.29, 0.717) is 56.6 Å². The van der Waals surface area contributed by atoms with Gasteiger partial charge < -0.3 is 15.0 Å². The normalized spacial score (nSPS) is 18.5. The van der Waals surface area contributed by atoms with Crippen LogP contribution in [0.3, 0.4) is 0 Å². The lowest BCUT2D eigenvalue weighted by Crippen LogP contribution is -2.45. The summed E-state index contributed by atoms with van der Waals surface area (Å²) >= 11 is 0. The van der Waals surface area contributed by atoms with Crippen LogP contribution in [0.5, 0.6) is 0 Å². The minimum atomic E-state index is -0.618. The van der Waals surface area contributed by atoms with Gasteiger partial charge >= 0.3 is 6.03 Å². The van der Waals surface area contributed by atoms with Crippen molar-refractivity contribution in [2.75, 3.05) is 20.3 Å². The van der Waals surface area contributed by atoms with Crippen LogP contribution in [0.2, 0.25) is 0 Å². The van der Waals surface area contributed by atoms with E-state index < -0.39 is 11.6 Å². The third-order valence-electron chi connectivity index (χ3n) is 5.46. The molecule has 2 heterocycles. The third kappa shape index (κ3) is 3.58. The first-order valence-corrected chi connectivity index (χ1v) is 9.50. The molecule has 9 heteroatoms. The first-order valence-electron chi connectivity index (χ1n) is 9.50. The van der Waals surface area contributed by atoms with Crippen molar-refractivity contribution in [3.63, 3.8) is 0 Å². The number of benzene rings is 1. The topological polar surface area (TPSA) is 72.3 Å². The van der Waals surface area contributed by atoms with E-state index >= 15 is 0 Å². The molecule has 0 radical (unpaired) electrons. The second kappa shape index (κ2) is 7.83. The Kier molecular flexibility index (Phi) is 5.25. The number of nitrogens with zero attached hydrogens (tertiary/aromatic N) is 4. The predicted molar refractivity (Wildman–Crippen MR) is 96.6 cm³/mol. The summed E-state index contributed by atoms with van der Waals surface area (Å²) in [5.41, 5.74) is 2.84. The van der Waals surface area contributed by atoms with Gasteiger partial charge in [0.1, 0.15) is 17.3 Å². The van der Waals surface area contributed by atoms with Gasteiger partial charge in [0.05, 0.1) is 31.4 Å². The maximum atomic E-state index is 14.1. The Labute approximate surface area is 161 Å². The van der Waals surface area contributed by atoms with Gasteiger partial charge in [-0.05, 0) is 36.5 Å². The summed E-state index contributed by atoms with van der Waals surface area (Å²) in [6.45, 7) is 2.08. The Morgan fingerprint density at radius 1 is 1.36 bits per heavy atom. The standard InChI is InChI=1S/C19H23F2N5O2/c1-28-8-7-26-18-5-6-25(11-17(18)23-24-26)19(27)22-16-4-2-3-13-14(16)9-12(20)10-15(13)21/h9-10,16H,2-8,11H2,1H3,(H,22,27)/t16-/m1/s1. The Bertz CT molecular complexity index is 885. The fourth-order valence-corrected chi connectivity index (χ4v) is 4.02. The molecule has 0 spiro atoms. The number of halogens is 2. The van der Waals surface area contributed by atoms with E-state index in [9.17, 15) is 13.6 Å². The van der Waals surface area contributed by atoms with Gasteiger partial charge in [0.2, 0.25) is 0 Å². The maximum Gasteiger partial charge on any atom is 0.318 e. The van der Waals surface area contributed by atoms with Gasteiger partial charge in [-0.25, -0.2) is 18.3 Å². The van der Waals surface area contributed by atoms with Crippen LogP contribution in [0.25, 0.3) is 0 Å². The van der Waals surface area contributed by atoms with Crippen LogP contribution < -0.4 is 5.32 Å². The SMILES string of the molecule is COCCn1nnc2c1CCN(C(=O)N[C@@H]1CCCc3c(F)cc(F)cc31)C2. The molecule has 1 aromatic carbocycles. The second-order valence-electron chi connectivity index (χ2n) is 7.22. The van der Waals surface area contributed by atoms with Crippen molar-refractivity contribution in [2.24, 2.45) is 0 Å². The lowest BCUT2D eigenvalue weighted by atomic mass is 9.87. The summed E-state index contributed by atoms with van der Waals surface area (Å²) in [6.07, 6.45) is 2.63. The van der Waals surface area contributed by atoms with Crippen LogP contribution in [0, 0.1) is 11.6 Å². The quantitative estimate of drug-likeness (QED) is 0.869. The van der Waals surface area contributed by atoms with Gasteiger partial charge in [-0.3, -0.25) is 0 Å². The fourth-order valence-electron chi connectivity index (χ4n) is 4.02. The number of nitrogens with one attached hydrogen (secondary N) is 1. The zero-order valence-corrected chi connectivity index (χ0v) is 15.8. The van der Waals surface area contributed by atoms with Crippen molar-refractivity contribution < 1.29 is 18.3 Å². The van der Waals surface area contributed by atoms with E-state index in [2.05, 4.69) is 15.6 Å². The molecule has 7 nitrogen and oxygen atoms in total. The summed E-state index contributed by atoms with van der Waals surface area (Å²) in [7, 11) is 1.64. The van der Waals surface area contributed by atoms with Crippen molar-refractivity contribution in [1.82, 2.24) is 25.2 Å². The van der Waals surface area contributed by atoms with Crippen LogP contribution in [0.15, 0.2) is 12.1 Å². The molecule has 0 saturated heterocycles. The van der Waals surface area contributed by atoms with Crippen LogP contribution >= 0.6 is 0 Å². The highest BCUT2D eigenvalue weighted by Gasteiger charge is 2.29. The van der Waals surface area contributed by atoms with Crippen LogP contribution in [-0.4, -0.2) is 46.2 Å². The van der Waals surface area contributed by atoms with E-state index in [0.717, 1.165) is 23.9 Å². The molecule has 2 aliphatic rings. The largest absolute Gasteiger partial charge is 0.383 e. The number of amides is 2. The molecule has 1 aliphatic heterocycles. The molecule has 28 heavy (non-hydrogen) atoms. The third-order valence-corrected chi connectivity index (χ3v) is 5.46. The van der Waals surface area contributed by atoms with Crippen molar-refractivity contribution in [1.29, 1.82) is 0 Å². The average Bonchev–Trinajstić information content (AvgIpc) is 3.09. The van der Waals surface area contributed by atoms with Gasteiger partial charge in [0.15, 0.2) is 0 Å². The first kappa shape index (κ1) is 18.8. The Balaban J connectivity index is 1.45. The highest BCUT2D eigenvalue weighted by atomic mass is 19.1. The molecule has 2 aromatic rings. The van der Waals surface area contributed by atoms with Crippen molar-refractivity contribution in [2.45, 2.75) is 44.8 Å². The zero-order valence-electron chi connectivity index (χ0n) is 15.8. The van der Waals surface area contributed by atoms with Crippen molar-refractivity contribution in [3.05, 3.63) is 46.3 Å². The molecule has 4 rings (SSSR count). The maximum absolute atomic E-state index is 14.1. The molecule has 0 unspecified atom stereocenters. The molecule has 1 aliphatic carbocycles. The van der Waals surface area contributed by atoms with E-state index in [-0.39, 0.29) is 12.1 Å². The number of fused-ring (bicyclic) bond motifs is 2. The Morgan fingerprint density at radius 3 is 3.04 bits per heavy atom. The molecule has 1 atom stereocenters. The molecule has 2 amide bonds. The molecular formula is C19H23F2N5O2. The molecule has 0 fully saturated rings. The Hall–Kier alpha value is -2.55. The number of ether oxygens (including phenoxy) is 1. The highest BCUT2D eigenvalue weighted by Crippen LogP contribution is 2.32. The lowest BCUT2D eigenvalue weighted by Gasteiger charge is -2.31. The smallest absolute Gasteiger partial charge is 0.318 e. The fraction of sp³-hybridized carbons (Fsp3) is 0.526. The van der Waals surface area contributed by atoms with Crippen molar-refractivity contribution >= 4 is 6.03 Å². The molecule has 1 aromatic heterocycles. The molecule has 0 bridgehead atoms. The molecule has 1 N–H and O–H groups in total. The highest BCUT2D eigenvalue weighted by molar-refractivity contribution is 5.75. The second-order valence-corrected chi connectivity index (χ2v) is 7.22. The molecule has 0 saturated carbocycles. The minimum absolute atomic E-state index is 0.250. The zero-order chi connectivity index (χ0) is 19.7. The minimum Gasteiger partial charge on any atom is -0.383 e. The lowest BCUT2D eigenvalue weighted by molar-refractivity contribution is 0.178. The first-order chi connectivity index (χ1) is 13.6. The van der Waals surface area contributed by atoms with E-state index in [4.69, 9.17) is 4.74 Å². The number of carbonyl (C=O) groups is 1. The summed E-state index contributed by atoms with van der Waals surface area (Å²) < 4.78 is 34.6. The number of aromatic nitrogens is 3. The van der Waals surface area contributed by atoms with Gasteiger partial charge in [0.25, 0.3) is 0 Å². The van der Waals surface area contributed by atoms with Gasteiger partial charge in [-0.2, -0.15) is 0 Å². The summed E-state index contributed by atoms with van der Waals surface area (Å²) in [5, 5.41) is 11.3. The summed E-state index contributed by atoms with van der Waals surface area (Å²) in [6, 6.07) is 1.60. The van der Waals surface area contributed by atoms with Crippen LogP contribution in [0.4, 0.5) is 13.6 Å². The number of hydrogen-bond acceptors (Lipinski definition) is 4. The summed E-state index contributed by atoms with van der Waals surface area (Å²) in [4.78, 5) is 14.5. The van der Waals surface area contributed by atoms with E-state index in [1.165, 1.54) is 6.07 Å².